The first-order valence-corrected chi connectivity index (χ1v) is 13.2. The zero-order chi connectivity index (χ0) is 29.3. The largest absolute Gasteiger partial charge is 0.507 e. The van der Waals surface area contributed by atoms with Crippen molar-refractivity contribution in [3.05, 3.63) is 85.9 Å². The van der Waals surface area contributed by atoms with Crippen LogP contribution in [-0.4, -0.2) is 47.6 Å². The number of ketones is 1. The molecule has 2 N–H and O–H groups in total. The van der Waals surface area contributed by atoms with Gasteiger partial charge in [0.25, 0.3) is 11.7 Å². The van der Waals surface area contributed by atoms with Gasteiger partial charge in [-0.15, -0.1) is 0 Å². The molecule has 3 aromatic carbocycles. The van der Waals surface area contributed by atoms with Crippen molar-refractivity contribution < 1.29 is 34.0 Å². The average molecular weight is 586 g/mol. The number of benzene rings is 3. The first kappa shape index (κ1) is 29.1. The van der Waals surface area contributed by atoms with E-state index in [1.165, 1.54) is 31.3 Å². The van der Waals surface area contributed by atoms with Crippen LogP contribution in [0.5, 0.6) is 23.0 Å². The molecular weight excluding hydrogens is 557 g/mol. The molecule has 0 saturated carbocycles. The predicted octanol–water partition coefficient (Wildman–Crippen LogP) is 6.35. The number of aliphatic hydroxyl groups is 1. The van der Waals surface area contributed by atoms with Crippen molar-refractivity contribution in [3.63, 3.8) is 0 Å². The fourth-order valence-corrected chi connectivity index (χ4v) is 5.49. The molecule has 1 amide bonds. The Hall–Kier alpha value is -3.88. The summed E-state index contributed by atoms with van der Waals surface area (Å²) in [6, 6.07) is 10.7. The van der Waals surface area contributed by atoms with E-state index in [0.29, 0.717) is 5.56 Å². The van der Waals surface area contributed by atoms with Crippen molar-refractivity contribution in [2.45, 2.75) is 33.4 Å². The van der Waals surface area contributed by atoms with E-state index in [1.807, 2.05) is 32.0 Å². The van der Waals surface area contributed by atoms with Gasteiger partial charge in [-0.2, -0.15) is 0 Å². The highest BCUT2D eigenvalue weighted by Gasteiger charge is 2.47. The zero-order valence-electron chi connectivity index (χ0n) is 22.7. The molecule has 1 fully saturated rings. The summed E-state index contributed by atoms with van der Waals surface area (Å²) in [4.78, 5) is 28.5. The van der Waals surface area contributed by atoms with Crippen LogP contribution in [0.2, 0.25) is 10.0 Å². The number of rotatable bonds is 8. The van der Waals surface area contributed by atoms with E-state index in [-0.39, 0.29) is 57.3 Å². The van der Waals surface area contributed by atoms with Crippen molar-refractivity contribution in [1.29, 1.82) is 0 Å². The summed E-state index contributed by atoms with van der Waals surface area (Å²) < 4.78 is 16.3. The van der Waals surface area contributed by atoms with Crippen LogP contribution in [0.25, 0.3) is 5.76 Å². The summed E-state index contributed by atoms with van der Waals surface area (Å²) in [6.07, 6.45) is 0. The molecule has 10 heteroatoms. The van der Waals surface area contributed by atoms with Gasteiger partial charge < -0.3 is 29.3 Å². The summed E-state index contributed by atoms with van der Waals surface area (Å²) in [5.74, 6) is -2.02. The van der Waals surface area contributed by atoms with E-state index >= 15 is 0 Å². The number of phenolic OH excluding ortho intramolecular Hbond substituents is 1. The molecule has 0 aromatic heterocycles. The van der Waals surface area contributed by atoms with Gasteiger partial charge in [0.15, 0.2) is 23.0 Å². The molecule has 0 radical (unpaired) electrons. The van der Waals surface area contributed by atoms with Gasteiger partial charge in [-0.3, -0.25) is 9.59 Å². The fraction of sp³-hybridized carbons (Fsp3) is 0.267. The first-order chi connectivity index (χ1) is 19.0. The van der Waals surface area contributed by atoms with Crippen LogP contribution in [0.1, 0.15) is 40.8 Å². The van der Waals surface area contributed by atoms with E-state index in [1.54, 1.807) is 19.1 Å². The summed E-state index contributed by atoms with van der Waals surface area (Å²) in [7, 11) is 2.72. The van der Waals surface area contributed by atoms with Gasteiger partial charge in [-0.05, 0) is 55.7 Å². The Kier molecular flexibility index (Phi) is 8.51. The Bertz CT molecular complexity index is 1530. The number of likely N-dealkylation sites (tertiary alicyclic amines) is 1. The van der Waals surface area contributed by atoms with Crippen molar-refractivity contribution in [2.24, 2.45) is 0 Å². The molecular formula is C30H29Cl2NO7. The summed E-state index contributed by atoms with van der Waals surface area (Å²) >= 11 is 12.8. The average Bonchev–Trinajstić information content (AvgIpc) is 3.16. The SMILES string of the molecule is CCOc1cc(C2/C(=C(\O)c3cc(Cl)c(OC)c(Cl)c3OC)C(=O)C(=O)N2Cc2cc(C)ccc2C)ccc1O. The second kappa shape index (κ2) is 11.7. The number of ether oxygens (including phenoxy) is 3. The maximum Gasteiger partial charge on any atom is 0.295 e. The van der Waals surface area contributed by atoms with Crippen molar-refractivity contribution in [1.82, 2.24) is 4.90 Å². The Morgan fingerprint density at radius 3 is 2.35 bits per heavy atom. The van der Waals surface area contributed by atoms with E-state index in [0.717, 1.165) is 16.7 Å². The number of carbonyl (C=O) groups excluding carboxylic acids is 2. The summed E-state index contributed by atoms with van der Waals surface area (Å²) in [6.45, 7) is 5.99. The molecule has 4 rings (SSSR count). The Morgan fingerprint density at radius 1 is 1.00 bits per heavy atom. The number of hydrogen-bond acceptors (Lipinski definition) is 7. The number of aromatic hydroxyl groups is 1. The predicted molar refractivity (Wildman–Crippen MR) is 153 cm³/mol. The van der Waals surface area contributed by atoms with Crippen LogP contribution >= 0.6 is 23.2 Å². The van der Waals surface area contributed by atoms with Gasteiger partial charge in [0.2, 0.25) is 0 Å². The lowest BCUT2D eigenvalue weighted by atomic mass is 9.94. The molecule has 1 aliphatic heterocycles. The second-order valence-electron chi connectivity index (χ2n) is 9.30. The lowest BCUT2D eigenvalue weighted by Gasteiger charge is -2.27. The molecule has 210 valence electrons. The number of phenols is 1. The highest BCUT2D eigenvalue weighted by Crippen LogP contribution is 2.48. The quantitative estimate of drug-likeness (QED) is 0.180. The number of Topliss-reactive ketones (excluding diaryl/α,β-unsaturated/α-hetero) is 1. The monoisotopic (exact) mass is 585 g/mol. The first-order valence-electron chi connectivity index (χ1n) is 12.4. The lowest BCUT2D eigenvalue weighted by Crippen LogP contribution is -2.29. The third-order valence-corrected chi connectivity index (χ3v) is 7.40. The molecule has 1 unspecified atom stereocenters. The number of methoxy groups -OCH3 is 2. The molecule has 3 aromatic rings. The number of aryl methyl sites for hydroxylation is 2. The number of hydrogen-bond donors (Lipinski definition) is 2. The van der Waals surface area contributed by atoms with Crippen LogP contribution in [0.3, 0.4) is 0 Å². The topological polar surface area (TPSA) is 106 Å². The molecule has 1 saturated heterocycles. The van der Waals surface area contributed by atoms with Crippen LogP contribution in [0.15, 0.2) is 48.0 Å². The summed E-state index contributed by atoms with van der Waals surface area (Å²) in [5, 5.41) is 22.0. The van der Waals surface area contributed by atoms with Gasteiger partial charge in [0.1, 0.15) is 10.8 Å². The van der Waals surface area contributed by atoms with E-state index < -0.39 is 23.5 Å². The lowest BCUT2D eigenvalue weighted by molar-refractivity contribution is -0.140. The van der Waals surface area contributed by atoms with Crippen LogP contribution in [0, 0.1) is 13.8 Å². The number of halogens is 2. The highest BCUT2D eigenvalue weighted by molar-refractivity contribution is 6.47. The second-order valence-corrected chi connectivity index (χ2v) is 10.1. The molecule has 0 bridgehead atoms. The number of nitrogens with zero attached hydrogens (tertiary/aromatic N) is 1. The Balaban J connectivity index is 1.99. The number of aliphatic hydroxyl groups excluding tert-OH is 1. The number of carbonyl (C=O) groups is 2. The maximum absolute atomic E-state index is 13.6. The van der Waals surface area contributed by atoms with Gasteiger partial charge in [-0.25, -0.2) is 0 Å². The molecule has 40 heavy (non-hydrogen) atoms. The number of amides is 1. The van der Waals surface area contributed by atoms with Crippen molar-refractivity contribution >= 4 is 40.7 Å². The van der Waals surface area contributed by atoms with Gasteiger partial charge >= 0.3 is 0 Å². The molecule has 1 aliphatic rings. The Labute approximate surface area is 242 Å². The standard InChI is InChI=1S/C30H29Cl2NO7/c1-6-40-22-12-17(9-10-21(22)34)25-23(26(35)19-13-20(31)29(39-5)24(32)28(19)38-4)27(36)30(37)33(25)14-18-11-15(2)7-8-16(18)3/h7-13,25,34-35H,6,14H2,1-5H3/b26-23+. The maximum atomic E-state index is 13.6. The summed E-state index contributed by atoms with van der Waals surface area (Å²) in [5.41, 5.74) is 3.02. The molecule has 8 nitrogen and oxygen atoms in total. The third kappa shape index (κ3) is 5.17. The third-order valence-electron chi connectivity index (χ3n) is 6.78. The normalized spacial score (nSPS) is 16.4. The van der Waals surface area contributed by atoms with Gasteiger partial charge in [0.05, 0.1) is 43.0 Å². The van der Waals surface area contributed by atoms with Crippen molar-refractivity contribution in [3.8, 4) is 23.0 Å². The Morgan fingerprint density at radius 2 is 1.70 bits per heavy atom. The molecule has 0 spiro atoms. The minimum absolute atomic E-state index is 0.0107. The van der Waals surface area contributed by atoms with E-state index in [4.69, 9.17) is 37.4 Å². The molecule has 1 atom stereocenters. The van der Waals surface area contributed by atoms with E-state index in [9.17, 15) is 19.8 Å². The highest BCUT2D eigenvalue weighted by atomic mass is 35.5. The van der Waals surface area contributed by atoms with Crippen LogP contribution < -0.4 is 14.2 Å². The van der Waals surface area contributed by atoms with Crippen LogP contribution in [0.4, 0.5) is 0 Å². The van der Waals surface area contributed by atoms with E-state index in [2.05, 4.69) is 0 Å². The van der Waals surface area contributed by atoms with Crippen LogP contribution in [-0.2, 0) is 16.1 Å². The van der Waals surface area contributed by atoms with Gasteiger partial charge in [-0.1, -0.05) is 53.0 Å². The zero-order valence-corrected chi connectivity index (χ0v) is 24.2. The minimum Gasteiger partial charge on any atom is -0.507 e. The smallest absolute Gasteiger partial charge is 0.295 e. The molecule has 1 heterocycles. The fourth-order valence-electron chi connectivity index (χ4n) is 4.81. The molecule has 0 aliphatic carbocycles. The minimum atomic E-state index is -1.04. The van der Waals surface area contributed by atoms with Gasteiger partial charge in [0, 0.05) is 6.54 Å². The van der Waals surface area contributed by atoms with Crippen molar-refractivity contribution in [2.75, 3.05) is 20.8 Å².